The third kappa shape index (κ3) is 2.47. The highest BCUT2D eigenvalue weighted by Crippen LogP contribution is 2.23. The number of fused-ring (bicyclic) bond motifs is 1. The molecule has 1 N–H and O–H groups in total. The van der Waals surface area contributed by atoms with Gasteiger partial charge in [0.1, 0.15) is 11.9 Å². The van der Waals surface area contributed by atoms with Crippen LogP contribution in [0.3, 0.4) is 0 Å². The number of nitrogens with zero attached hydrogens (tertiary/aromatic N) is 1. The van der Waals surface area contributed by atoms with E-state index in [-0.39, 0.29) is 6.10 Å². The lowest BCUT2D eigenvalue weighted by Crippen LogP contribution is -2.35. The van der Waals surface area contributed by atoms with Crippen LogP contribution in [-0.2, 0) is 4.74 Å². The lowest BCUT2D eigenvalue weighted by molar-refractivity contribution is 0.154. The van der Waals surface area contributed by atoms with Gasteiger partial charge in [-0.2, -0.15) is 0 Å². The lowest BCUT2D eigenvalue weighted by Gasteiger charge is -2.22. The number of ether oxygens (including phenoxy) is 1. The minimum absolute atomic E-state index is 0.0927. The van der Waals surface area contributed by atoms with Crippen molar-refractivity contribution in [2.45, 2.75) is 12.5 Å². The molecule has 0 aliphatic carbocycles. The van der Waals surface area contributed by atoms with E-state index in [0.717, 1.165) is 30.9 Å². The number of nitrogens with one attached hydrogen (secondary N) is 1. The molecule has 3 nitrogen and oxygen atoms in total. The summed E-state index contributed by atoms with van der Waals surface area (Å²) in [6.07, 6.45) is 1.00. The van der Waals surface area contributed by atoms with E-state index in [4.69, 9.17) is 4.74 Å². The Morgan fingerprint density at radius 3 is 2.74 bits per heavy atom. The molecule has 3 rings (SSSR count). The molecular weight excluding hydrogens is 236 g/mol. The summed E-state index contributed by atoms with van der Waals surface area (Å²) < 4.78 is 5.63. The molecule has 0 radical (unpaired) electrons. The van der Waals surface area contributed by atoms with Gasteiger partial charge in [-0.25, -0.2) is 0 Å². The van der Waals surface area contributed by atoms with Gasteiger partial charge in [0.2, 0.25) is 0 Å². The minimum atomic E-state index is -0.0927. The van der Waals surface area contributed by atoms with E-state index in [1.807, 2.05) is 0 Å². The number of rotatable bonds is 3. The monoisotopic (exact) mass is 254 g/mol. The first kappa shape index (κ1) is 12.2. The first-order valence-corrected chi connectivity index (χ1v) is 6.68. The van der Waals surface area contributed by atoms with Gasteiger partial charge >= 0.3 is 0 Å². The Balaban J connectivity index is 1.98. The number of methoxy groups -OCH3 is 1. The highest BCUT2D eigenvalue weighted by atomic mass is 16.5. The summed E-state index contributed by atoms with van der Waals surface area (Å²) in [6, 6.07) is 14.8. The van der Waals surface area contributed by atoms with Crippen molar-refractivity contribution in [2.75, 3.05) is 20.2 Å². The Labute approximate surface area is 113 Å². The van der Waals surface area contributed by atoms with Gasteiger partial charge in [0, 0.05) is 20.2 Å². The highest BCUT2D eigenvalue weighted by Gasteiger charge is 2.19. The molecule has 2 aromatic rings. The first-order chi connectivity index (χ1) is 9.38. The maximum absolute atomic E-state index is 5.63. The van der Waals surface area contributed by atoms with Crippen molar-refractivity contribution < 1.29 is 4.74 Å². The molecule has 19 heavy (non-hydrogen) atoms. The number of amidine groups is 1. The summed E-state index contributed by atoms with van der Waals surface area (Å²) in [5, 5.41) is 5.83. The maximum Gasteiger partial charge on any atom is 0.139 e. The van der Waals surface area contributed by atoms with Crippen LogP contribution in [0.15, 0.2) is 47.5 Å². The van der Waals surface area contributed by atoms with E-state index in [1.165, 1.54) is 10.8 Å². The van der Waals surface area contributed by atoms with Crippen LogP contribution in [0.5, 0.6) is 0 Å². The molecule has 1 atom stereocenters. The van der Waals surface area contributed by atoms with Crippen LogP contribution in [0.1, 0.15) is 18.1 Å². The molecule has 3 heteroatoms. The third-order valence-corrected chi connectivity index (χ3v) is 3.48. The van der Waals surface area contributed by atoms with Gasteiger partial charge < -0.3 is 10.1 Å². The Hall–Kier alpha value is -1.87. The van der Waals surface area contributed by atoms with Gasteiger partial charge in [0.15, 0.2) is 0 Å². The van der Waals surface area contributed by atoms with Crippen molar-refractivity contribution in [1.82, 2.24) is 5.32 Å². The average molecular weight is 254 g/mol. The predicted octanol–water partition coefficient (Wildman–Crippen LogP) is 2.92. The van der Waals surface area contributed by atoms with Crippen LogP contribution in [0, 0.1) is 0 Å². The summed E-state index contributed by atoms with van der Waals surface area (Å²) in [5.41, 5.74) is 1.15. The standard InChI is InChI=1S/C16H18N2O/c1-19-15(16-17-9-4-10-18-16)14-8-7-12-5-2-3-6-13(12)11-14/h2-3,5-8,11,15H,4,9-10H2,1H3,(H,17,18). The highest BCUT2D eigenvalue weighted by molar-refractivity contribution is 5.90. The van der Waals surface area contributed by atoms with E-state index in [1.54, 1.807) is 7.11 Å². The smallest absolute Gasteiger partial charge is 0.139 e. The van der Waals surface area contributed by atoms with Crippen molar-refractivity contribution in [1.29, 1.82) is 0 Å². The molecule has 0 saturated carbocycles. The van der Waals surface area contributed by atoms with Crippen LogP contribution < -0.4 is 5.32 Å². The molecule has 1 unspecified atom stereocenters. The average Bonchev–Trinajstić information content (AvgIpc) is 2.49. The van der Waals surface area contributed by atoms with Gasteiger partial charge in [0.05, 0.1) is 0 Å². The third-order valence-electron chi connectivity index (χ3n) is 3.48. The van der Waals surface area contributed by atoms with Crippen molar-refractivity contribution in [3.8, 4) is 0 Å². The Morgan fingerprint density at radius 1 is 1.16 bits per heavy atom. The summed E-state index contributed by atoms with van der Waals surface area (Å²) >= 11 is 0. The molecule has 0 spiro atoms. The van der Waals surface area contributed by atoms with Crippen molar-refractivity contribution in [3.63, 3.8) is 0 Å². The second-order valence-electron chi connectivity index (χ2n) is 4.77. The number of aliphatic imine (C=N–C) groups is 1. The van der Waals surface area contributed by atoms with E-state index < -0.39 is 0 Å². The van der Waals surface area contributed by atoms with Crippen molar-refractivity contribution in [3.05, 3.63) is 48.0 Å². The maximum atomic E-state index is 5.63. The molecule has 2 aromatic carbocycles. The molecule has 0 amide bonds. The zero-order valence-electron chi connectivity index (χ0n) is 11.1. The summed E-state index contributed by atoms with van der Waals surface area (Å²) in [6.45, 7) is 1.86. The summed E-state index contributed by atoms with van der Waals surface area (Å²) in [7, 11) is 1.73. The van der Waals surface area contributed by atoms with Gasteiger partial charge in [0.25, 0.3) is 0 Å². The quantitative estimate of drug-likeness (QED) is 0.913. The molecule has 0 aromatic heterocycles. The van der Waals surface area contributed by atoms with E-state index in [9.17, 15) is 0 Å². The minimum Gasteiger partial charge on any atom is -0.371 e. The zero-order chi connectivity index (χ0) is 13.1. The second kappa shape index (κ2) is 5.41. The molecule has 0 saturated heterocycles. The fourth-order valence-electron chi connectivity index (χ4n) is 2.50. The lowest BCUT2D eigenvalue weighted by atomic mass is 10.0. The molecule has 0 bridgehead atoms. The Bertz CT molecular complexity index is 606. The Morgan fingerprint density at radius 2 is 2.00 bits per heavy atom. The molecule has 1 aliphatic rings. The fourth-order valence-corrected chi connectivity index (χ4v) is 2.50. The molecule has 0 fully saturated rings. The Kier molecular flexibility index (Phi) is 3.47. The van der Waals surface area contributed by atoms with E-state index >= 15 is 0 Å². The van der Waals surface area contributed by atoms with Gasteiger partial charge in [-0.05, 0) is 28.8 Å². The van der Waals surface area contributed by atoms with Crippen LogP contribution in [-0.4, -0.2) is 26.0 Å². The fraction of sp³-hybridized carbons (Fsp3) is 0.312. The largest absolute Gasteiger partial charge is 0.371 e. The van der Waals surface area contributed by atoms with Gasteiger partial charge in [-0.3, -0.25) is 4.99 Å². The normalized spacial score (nSPS) is 16.8. The SMILES string of the molecule is COC(C1=NCCCN1)c1ccc2ccccc2c1. The van der Waals surface area contributed by atoms with Crippen molar-refractivity contribution in [2.24, 2.45) is 4.99 Å². The summed E-state index contributed by atoms with van der Waals surface area (Å²) in [4.78, 5) is 4.54. The summed E-state index contributed by atoms with van der Waals surface area (Å²) in [5.74, 6) is 0.948. The first-order valence-electron chi connectivity index (χ1n) is 6.68. The molecule has 1 heterocycles. The molecular formula is C16H18N2O. The van der Waals surface area contributed by atoms with Gasteiger partial charge in [-0.15, -0.1) is 0 Å². The second-order valence-corrected chi connectivity index (χ2v) is 4.77. The van der Waals surface area contributed by atoms with Crippen LogP contribution in [0.4, 0.5) is 0 Å². The van der Waals surface area contributed by atoms with E-state index in [2.05, 4.69) is 52.8 Å². The van der Waals surface area contributed by atoms with Gasteiger partial charge in [-0.1, -0.05) is 36.4 Å². The topological polar surface area (TPSA) is 33.6 Å². The number of hydrogen-bond acceptors (Lipinski definition) is 3. The van der Waals surface area contributed by atoms with Crippen molar-refractivity contribution >= 4 is 16.6 Å². The molecule has 1 aliphatic heterocycles. The number of hydrogen-bond donors (Lipinski definition) is 1. The zero-order valence-corrected chi connectivity index (χ0v) is 11.1. The van der Waals surface area contributed by atoms with Crippen LogP contribution in [0.2, 0.25) is 0 Å². The van der Waals surface area contributed by atoms with E-state index in [0.29, 0.717) is 0 Å². The number of benzene rings is 2. The molecule has 98 valence electrons. The predicted molar refractivity (Wildman–Crippen MR) is 78.6 cm³/mol. The van der Waals surface area contributed by atoms with Crippen LogP contribution in [0.25, 0.3) is 10.8 Å². The van der Waals surface area contributed by atoms with Crippen LogP contribution >= 0.6 is 0 Å².